The van der Waals surface area contributed by atoms with Crippen LogP contribution in [0.3, 0.4) is 0 Å². The van der Waals surface area contributed by atoms with Gasteiger partial charge in [-0.2, -0.15) is 0 Å². The largest absolute Gasteiger partial charge is 0.444 e. The molecule has 0 bridgehead atoms. The second kappa shape index (κ2) is 22.4. The van der Waals surface area contributed by atoms with Crippen LogP contribution in [0.4, 0.5) is 4.79 Å². The van der Waals surface area contributed by atoms with Crippen molar-refractivity contribution in [2.75, 3.05) is 32.6 Å². The number of amides is 1. The fourth-order valence-corrected chi connectivity index (χ4v) is 10.9. The Morgan fingerprint density at radius 2 is 1.00 bits per heavy atom. The van der Waals surface area contributed by atoms with Crippen LogP contribution in [0, 0.1) is 5.92 Å². The Kier molecular flexibility index (Phi) is 17.6. The number of Topliss-reactive ketones (excluding diaryl/α,β-unsaturated/α-hetero) is 2. The van der Waals surface area contributed by atoms with Gasteiger partial charge in [-0.15, -0.1) is 0 Å². The van der Waals surface area contributed by atoms with Crippen molar-refractivity contribution in [3.8, 4) is 0 Å². The molecule has 0 heterocycles. The molecule has 1 amide bonds. The van der Waals surface area contributed by atoms with Crippen molar-refractivity contribution in [3.05, 3.63) is 156 Å². The summed E-state index contributed by atoms with van der Waals surface area (Å²) >= 11 is -0.510. The van der Waals surface area contributed by atoms with Gasteiger partial charge in [0.1, 0.15) is 5.60 Å². The number of alkyl halides is 1. The molecule has 65 heavy (non-hydrogen) atoms. The average molecular weight is 1030 g/mol. The summed E-state index contributed by atoms with van der Waals surface area (Å²) in [5, 5.41) is 5.40. The molecule has 346 valence electrons. The van der Waals surface area contributed by atoms with E-state index in [4.69, 9.17) is 8.68 Å². The number of benzene rings is 6. The van der Waals surface area contributed by atoms with Crippen molar-refractivity contribution in [1.82, 2.24) is 13.9 Å². The minimum absolute atomic E-state index is 0.0239. The first-order valence-corrected chi connectivity index (χ1v) is 26.6. The molecule has 0 aliphatic carbocycles. The van der Waals surface area contributed by atoms with Gasteiger partial charge in [-0.1, -0.05) is 60.7 Å². The van der Waals surface area contributed by atoms with E-state index in [0.717, 1.165) is 26.5 Å². The van der Waals surface area contributed by atoms with Crippen LogP contribution < -0.4 is 30.7 Å². The number of alkyl carbamates (subject to hydrolysis) is 1. The zero-order chi connectivity index (χ0) is 47.5. The summed E-state index contributed by atoms with van der Waals surface area (Å²) < 4.78 is 65.5. The van der Waals surface area contributed by atoms with E-state index >= 15 is 0 Å². The van der Waals surface area contributed by atoms with Crippen LogP contribution in [0.1, 0.15) is 43.0 Å². The molecule has 15 heteroatoms. The molecular weight excluding hydrogens is 976 g/mol. The monoisotopic (exact) mass is 1030 g/mol. The van der Waals surface area contributed by atoms with Crippen molar-refractivity contribution in [2.45, 2.75) is 67.9 Å². The third-order valence-electron chi connectivity index (χ3n) is 10.6. The Bertz CT molecular complexity index is 2830. The molecule has 6 aromatic rings. The molecule has 0 saturated carbocycles. The van der Waals surface area contributed by atoms with Gasteiger partial charge >= 0.3 is 196 Å². The maximum absolute atomic E-state index is 13.5. The Balaban J connectivity index is 0.000000247. The maximum Gasteiger partial charge on any atom is 0.408 e. The molecular formula is C50H58IN4O8S2-. The van der Waals surface area contributed by atoms with Gasteiger partial charge in [-0.25, -0.2) is 17.5 Å². The van der Waals surface area contributed by atoms with E-state index in [0.29, 0.717) is 34.6 Å². The summed E-state index contributed by atoms with van der Waals surface area (Å²) in [7, 11) is -1.23. The summed E-state index contributed by atoms with van der Waals surface area (Å²) in [6.45, 7) is 5.28. The molecule has 0 radical (unpaired) electrons. The van der Waals surface area contributed by atoms with E-state index < -0.39 is 59.3 Å². The normalized spacial score (nSPS) is 13.0. The van der Waals surface area contributed by atoms with Crippen molar-refractivity contribution in [1.29, 1.82) is 0 Å². The van der Waals surface area contributed by atoms with Crippen LogP contribution in [0.15, 0.2) is 143 Å². The van der Waals surface area contributed by atoms with E-state index in [1.54, 1.807) is 75.4 Å². The minimum Gasteiger partial charge on any atom is -0.444 e. The van der Waals surface area contributed by atoms with Gasteiger partial charge in [0.25, 0.3) is 0 Å². The Morgan fingerprint density at radius 1 is 0.585 bits per heavy atom. The summed E-state index contributed by atoms with van der Waals surface area (Å²) in [5.41, 5.74) is 2.87. The smallest absolute Gasteiger partial charge is 0.408 e. The van der Waals surface area contributed by atoms with Crippen LogP contribution in [-0.4, -0.2) is 87.4 Å². The van der Waals surface area contributed by atoms with E-state index in [2.05, 4.69) is 5.32 Å². The number of ether oxygens (including phenoxy) is 1. The number of hydrogen-bond acceptors (Lipinski definition) is 9. The van der Waals surface area contributed by atoms with Crippen molar-refractivity contribution in [2.24, 2.45) is 9.86 Å². The van der Waals surface area contributed by atoms with Crippen LogP contribution in [0.2, 0.25) is 0 Å². The Morgan fingerprint density at radius 3 is 1.43 bits per heavy atom. The number of nitrogens with two attached hydrogens (primary N) is 1. The number of carbonyl (C=O) groups is 3. The number of nitrogens with zero attached hydrogens (tertiary/aromatic N) is 2. The summed E-state index contributed by atoms with van der Waals surface area (Å²) in [6, 6.07) is 39.7. The van der Waals surface area contributed by atoms with E-state index in [1.807, 2.05) is 78.9 Å². The fourth-order valence-electron chi connectivity index (χ4n) is 7.29. The van der Waals surface area contributed by atoms with Crippen molar-refractivity contribution < 1.29 is 57.4 Å². The molecule has 0 unspecified atom stereocenters. The van der Waals surface area contributed by atoms with Gasteiger partial charge < -0.3 is 10.1 Å². The van der Waals surface area contributed by atoms with Crippen LogP contribution in [-0.2, 0) is 60.1 Å². The quantitative estimate of drug-likeness (QED) is 0.0766. The molecule has 0 spiro atoms. The predicted octanol–water partition coefficient (Wildman–Crippen LogP) is 4.36. The molecule has 0 fully saturated rings. The number of rotatable bonds is 17. The maximum atomic E-state index is 13.5. The van der Waals surface area contributed by atoms with Crippen molar-refractivity contribution >= 4 is 59.3 Å². The average Bonchev–Trinajstić information content (AvgIpc) is 3.26. The molecule has 2 atom stereocenters. The number of hydrogen-bond donors (Lipinski definition) is 2. The molecule has 0 aliphatic rings. The number of sulfonamides is 2. The van der Waals surface area contributed by atoms with Gasteiger partial charge in [0, 0.05) is 25.9 Å². The standard InChI is InChI=1S/C27H32N2O5S.C23H26IN2O3S/c1-27(2,3)34-26(31)28-23(17-19-11-7-6-8-12-19)24(30)18-20-13-9-15-22-21(20)14-10-16-25(22)35(32,33)29(4)5;1-26(2)30(28,29)23-13-7-11-20-18(10-6-12-21(20)23)15-22(27)19(16-24-25)14-17-8-4-3-5-9-17/h6-16,23H,17-18H2,1-5H3,(H,28,31);3-13,19H,14-16,25H2,1-2H3/q;-1/t23-;19-/m01/s1. The van der Waals surface area contributed by atoms with Gasteiger partial charge in [0.2, 0.25) is 10.0 Å². The van der Waals surface area contributed by atoms with Gasteiger partial charge in [0.05, 0.1) is 10.9 Å². The number of halogens is 1. The van der Waals surface area contributed by atoms with Crippen LogP contribution >= 0.6 is 0 Å². The first-order valence-electron chi connectivity index (χ1n) is 21.0. The molecule has 0 aliphatic heterocycles. The third kappa shape index (κ3) is 13.5. The minimum atomic E-state index is -3.66. The first kappa shape index (κ1) is 51.0. The predicted molar refractivity (Wildman–Crippen MR) is 253 cm³/mol. The zero-order valence-corrected chi connectivity index (χ0v) is 41.6. The molecule has 0 aromatic heterocycles. The zero-order valence-electron chi connectivity index (χ0n) is 37.8. The third-order valence-corrected chi connectivity index (χ3v) is 15.9. The fraction of sp³-hybridized carbons (Fsp3) is 0.300. The number of nitrogens with one attached hydrogen (secondary N) is 1. The number of fused-ring (bicyclic) bond motifs is 2. The summed E-state index contributed by atoms with van der Waals surface area (Å²) in [6.07, 6.45) is 0.621. The topological polar surface area (TPSA) is 173 Å². The van der Waals surface area contributed by atoms with Gasteiger partial charge in [-0.05, 0) is 49.8 Å². The Hall–Kier alpha value is -5.04. The van der Waals surface area contributed by atoms with Crippen LogP contribution in [0.5, 0.6) is 0 Å². The van der Waals surface area contributed by atoms with Crippen molar-refractivity contribution in [3.63, 3.8) is 0 Å². The summed E-state index contributed by atoms with van der Waals surface area (Å²) in [4.78, 5) is 39.6. The molecule has 12 nitrogen and oxygen atoms in total. The van der Waals surface area contributed by atoms with E-state index in [1.165, 1.54) is 36.8 Å². The van der Waals surface area contributed by atoms with E-state index in [9.17, 15) is 31.2 Å². The van der Waals surface area contributed by atoms with E-state index in [-0.39, 0.29) is 40.1 Å². The SMILES string of the molecule is CN(C)S(=O)(=O)c1cccc2c(CC(=O)[C@@H](C[I-]N)Cc3ccccc3)cccc12.CN(C)S(=O)(=O)c1cccc2c(CC(=O)[C@H](Cc3ccccc3)NC(=O)OC(C)(C)C)cccc12. The van der Waals surface area contributed by atoms with Gasteiger partial charge in [0.15, 0.2) is 5.78 Å². The second-order valence-electron chi connectivity index (χ2n) is 17.0. The summed E-state index contributed by atoms with van der Waals surface area (Å²) in [5.74, 6) is -0.167. The van der Waals surface area contributed by atoms with Crippen LogP contribution in [0.25, 0.3) is 21.5 Å². The number of ketones is 2. The molecule has 6 aromatic carbocycles. The molecule has 0 saturated heterocycles. The van der Waals surface area contributed by atoms with Gasteiger partial charge in [-0.3, -0.25) is 4.79 Å². The molecule has 3 N–H and O–H groups in total. The second-order valence-corrected chi connectivity index (χ2v) is 23.0. The number of carbonyl (C=O) groups excluding carboxylic acids is 3. The Labute approximate surface area is 394 Å². The molecule has 6 rings (SSSR count). The first-order chi connectivity index (χ1) is 30.7.